The largest absolute Gasteiger partial charge is 0.335 e. The van der Waals surface area contributed by atoms with E-state index >= 15 is 0 Å². The summed E-state index contributed by atoms with van der Waals surface area (Å²) in [4.78, 5) is 11.8. The van der Waals surface area contributed by atoms with Gasteiger partial charge in [0.05, 0.1) is 18.8 Å². The van der Waals surface area contributed by atoms with Crippen molar-refractivity contribution < 1.29 is 0 Å². The lowest BCUT2D eigenvalue weighted by Gasteiger charge is -2.27. The highest BCUT2D eigenvalue weighted by molar-refractivity contribution is 8.17. The van der Waals surface area contributed by atoms with Crippen LogP contribution in [0.4, 0.5) is 11.4 Å². The molecule has 3 heterocycles. The first-order chi connectivity index (χ1) is 12.4. The van der Waals surface area contributed by atoms with Crippen LogP contribution < -0.4 is 5.32 Å². The number of nitrogens with one attached hydrogen (secondary N) is 1. The Morgan fingerprint density at radius 1 is 1.08 bits per heavy atom. The number of anilines is 1. The fourth-order valence-electron chi connectivity index (χ4n) is 3.08. The van der Waals surface area contributed by atoms with Crippen LogP contribution in [0.25, 0.3) is 0 Å². The number of fused-ring (bicyclic) bond motifs is 3. The molecule has 5 rings (SSSR count). The van der Waals surface area contributed by atoms with E-state index in [9.17, 15) is 0 Å². The Kier molecular flexibility index (Phi) is 3.79. The molecule has 4 nitrogen and oxygen atoms in total. The Labute approximate surface area is 155 Å². The molecule has 3 aliphatic rings. The van der Waals surface area contributed by atoms with Crippen LogP contribution in [0.3, 0.4) is 0 Å². The molecule has 0 saturated carbocycles. The smallest absolute Gasteiger partial charge is 0.173 e. The van der Waals surface area contributed by atoms with Gasteiger partial charge in [0.1, 0.15) is 0 Å². The molecule has 124 valence electrons. The molecule has 1 N–H and O–H groups in total. The summed E-state index contributed by atoms with van der Waals surface area (Å²) < 4.78 is 0. The predicted octanol–water partition coefficient (Wildman–Crippen LogP) is 4.79. The van der Waals surface area contributed by atoms with Gasteiger partial charge >= 0.3 is 0 Å². The first-order valence-corrected chi connectivity index (χ1v) is 10.1. The van der Waals surface area contributed by atoms with Crippen LogP contribution in [0.1, 0.15) is 11.1 Å². The van der Waals surface area contributed by atoms with Crippen molar-refractivity contribution in [1.29, 1.82) is 0 Å². The molecule has 0 unspecified atom stereocenters. The molecule has 25 heavy (non-hydrogen) atoms. The molecule has 0 bridgehead atoms. The van der Waals surface area contributed by atoms with Crippen LogP contribution in [0.2, 0.25) is 0 Å². The number of aliphatic imine (C=N–C) groups is 2. The zero-order chi connectivity index (χ0) is 16.6. The summed E-state index contributed by atoms with van der Waals surface area (Å²) in [6.07, 6.45) is 0. The minimum atomic E-state index is 0.753. The molecule has 0 fully saturated rings. The maximum absolute atomic E-state index is 4.78. The van der Waals surface area contributed by atoms with Crippen molar-refractivity contribution in [1.82, 2.24) is 4.90 Å². The van der Waals surface area contributed by atoms with Gasteiger partial charge in [-0.3, -0.25) is 4.99 Å². The van der Waals surface area contributed by atoms with Gasteiger partial charge in [0.15, 0.2) is 10.3 Å². The van der Waals surface area contributed by atoms with Crippen molar-refractivity contribution >= 4 is 45.2 Å². The van der Waals surface area contributed by atoms with E-state index in [0.717, 1.165) is 34.9 Å². The van der Waals surface area contributed by atoms with E-state index in [1.807, 2.05) is 6.07 Å². The molecule has 0 radical (unpaired) electrons. The third kappa shape index (κ3) is 2.85. The average molecular weight is 364 g/mol. The lowest BCUT2D eigenvalue weighted by atomic mass is 10.1. The summed E-state index contributed by atoms with van der Waals surface area (Å²) in [5, 5.41) is 7.73. The summed E-state index contributed by atoms with van der Waals surface area (Å²) in [6.45, 7) is 1.65. The summed E-state index contributed by atoms with van der Waals surface area (Å²) in [6, 6.07) is 16.7. The van der Waals surface area contributed by atoms with Gasteiger partial charge in [-0.25, -0.2) is 4.99 Å². The van der Waals surface area contributed by atoms with Crippen LogP contribution in [0.15, 0.2) is 69.6 Å². The quantitative estimate of drug-likeness (QED) is 0.831. The Bertz CT molecular complexity index is 933. The number of hydrogen-bond acceptors (Lipinski definition) is 6. The predicted molar refractivity (Wildman–Crippen MR) is 108 cm³/mol. The van der Waals surface area contributed by atoms with E-state index < -0.39 is 0 Å². The van der Waals surface area contributed by atoms with Gasteiger partial charge in [-0.1, -0.05) is 59.9 Å². The number of amidine groups is 2. The van der Waals surface area contributed by atoms with Gasteiger partial charge in [-0.2, -0.15) is 0 Å². The maximum Gasteiger partial charge on any atom is 0.173 e. The topological polar surface area (TPSA) is 40.0 Å². The maximum atomic E-state index is 4.78. The molecule has 2 aromatic rings. The average Bonchev–Trinajstić information content (AvgIpc) is 3.06. The third-order valence-corrected chi connectivity index (χ3v) is 6.28. The van der Waals surface area contributed by atoms with E-state index in [1.54, 1.807) is 23.5 Å². The van der Waals surface area contributed by atoms with Crippen LogP contribution >= 0.6 is 23.5 Å². The molecular formula is C19H16N4S2. The normalized spacial score (nSPS) is 17.6. The van der Waals surface area contributed by atoms with Gasteiger partial charge in [-0.05, 0) is 28.7 Å². The monoisotopic (exact) mass is 364 g/mol. The van der Waals surface area contributed by atoms with Crippen molar-refractivity contribution in [2.24, 2.45) is 9.98 Å². The molecule has 0 atom stereocenters. The van der Waals surface area contributed by atoms with Crippen molar-refractivity contribution in [3.05, 3.63) is 70.8 Å². The molecule has 0 aromatic heterocycles. The summed E-state index contributed by atoms with van der Waals surface area (Å²) >= 11 is 3.47. The summed E-state index contributed by atoms with van der Waals surface area (Å²) in [7, 11) is 0. The van der Waals surface area contributed by atoms with Crippen molar-refractivity contribution in [3.63, 3.8) is 0 Å². The molecular weight excluding hydrogens is 348 g/mol. The number of nitrogens with zero attached hydrogens (tertiary/aromatic N) is 3. The van der Waals surface area contributed by atoms with E-state index in [-0.39, 0.29) is 0 Å². The van der Waals surface area contributed by atoms with E-state index in [2.05, 4.69) is 63.1 Å². The molecule has 0 spiro atoms. The summed E-state index contributed by atoms with van der Waals surface area (Å²) in [5.41, 5.74) is 6.10. The zero-order valence-electron chi connectivity index (χ0n) is 13.5. The number of hydrogen-bond donors (Lipinski definition) is 1. The van der Waals surface area contributed by atoms with Crippen molar-refractivity contribution in [3.8, 4) is 0 Å². The summed E-state index contributed by atoms with van der Waals surface area (Å²) in [5.74, 6) is 0.891. The van der Waals surface area contributed by atoms with Crippen LogP contribution in [-0.2, 0) is 13.1 Å². The Balaban J connectivity index is 1.27. The molecule has 2 aromatic carbocycles. The molecule has 0 saturated heterocycles. The van der Waals surface area contributed by atoms with E-state index in [1.165, 1.54) is 22.5 Å². The standard InChI is InChI=1S/C19H16N4S2/c1-3-7-16-13(5-1)9-20-18(21-16)24-11-15-12-25-19-22-17-8-4-2-6-14(17)10-23(15)19/h1-8,12H,9-11H2,(H,20,21). The second kappa shape index (κ2) is 6.28. The number of para-hydroxylation sites is 2. The van der Waals surface area contributed by atoms with E-state index in [0.29, 0.717) is 0 Å². The van der Waals surface area contributed by atoms with Crippen molar-refractivity contribution in [2.45, 2.75) is 13.1 Å². The second-order valence-electron chi connectivity index (χ2n) is 6.03. The molecule has 0 amide bonds. The van der Waals surface area contributed by atoms with E-state index in [4.69, 9.17) is 4.99 Å². The highest BCUT2D eigenvalue weighted by Gasteiger charge is 2.27. The lowest BCUT2D eigenvalue weighted by molar-refractivity contribution is 0.519. The lowest BCUT2D eigenvalue weighted by Crippen LogP contribution is -2.27. The third-order valence-electron chi connectivity index (χ3n) is 4.42. The highest BCUT2D eigenvalue weighted by Crippen LogP contribution is 2.37. The van der Waals surface area contributed by atoms with Crippen LogP contribution in [-0.4, -0.2) is 21.0 Å². The Morgan fingerprint density at radius 3 is 2.88 bits per heavy atom. The second-order valence-corrected chi connectivity index (χ2v) is 7.83. The van der Waals surface area contributed by atoms with Crippen molar-refractivity contribution in [2.75, 3.05) is 11.1 Å². The Morgan fingerprint density at radius 2 is 1.92 bits per heavy atom. The minimum absolute atomic E-state index is 0.753. The van der Waals surface area contributed by atoms with Gasteiger partial charge in [0.2, 0.25) is 0 Å². The molecule has 6 heteroatoms. The SMILES string of the molecule is C1=C(CSC2=NCc3ccccc3N2)N2Cc3ccccc3N=C2S1. The van der Waals surface area contributed by atoms with Crippen LogP contribution in [0.5, 0.6) is 0 Å². The minimum Gasteiger partial charge on any atom is -0.335 e. The van der Waals surface area contributed by atoms with Gasteiger partial charge in [0.25, 0.3) is 0 Å². The number of thioether (sulfide) groups is 2. The number of benzene rings is 2. The molecule has 0 aliphatic carbocycles. The highest BCUT2D eigenvalue weighted by atomic mass is 32.2. The fraction of sp³-hybridized carbons (Fsp3) is 0.158. The molecule has 3 aliphatic heterocycles. The van der Waals surface area contributed by atoms with Gasteiger partial charge in [-0.15, -0.1) is 0 Å². The zero-order valence-corrected chi connectivity index (χ0v) is 15.1. The Hall–Kier alpha value is -2.18. The first kappa shape index (κ1) is 15.1. The van der Waals surface area contributed by atoms with Crippen LogP contribution in [0, 0.1) is 0 Å². The van der Waals surface area contributed by atoms with Gasteiger partial charge in [0, 0.05) is 17.1 Å². The first-order valence-electron chi connectivity index (χ1n) is 8.19. The fourth-order valence-corrected chi connectivity index (χ4v) is 4.96. The van der Waals surface area contributed by atoms with Gasteiger partial charge < -0.3 is 10.2 Å². The number of rotatable bonds is 2.